The SMILES string of the molecule is CC.CC.CC.CC.Cc1[nH]c(C)c(C)c1C.Cc1ccccc1C.Cc1cccnc1C.Cc1oc(C)c(C)c1C.Cc1sc(C)c(C)c1C. The van der Waals surface area contributed by atoms with E-state index in [1.807, 2.05) is 99.8 Å². The van der Waals surface area contributed by atoms with Crippen LogP contribution in [0, 0.1) is 111 Å². The van der Waals surface area contributed by atoms with Gasteiger partial charge in [0.2, 0.25) is 0 Å². The molecule has 5 rings (SSSR count). The normalized spacial score (nSPS) is 8.78. The third kappa shape index (κ3) is 20.9. The smallest absolute Gasteiger partial charge is 0.104 e. The maximum atomic E-state index is 5.34. The molecule has 0 saturated carbocycles. The molecule has 0 aliphatic rings. The number of furan rings is 1. The summed E-state index contributed by atoms with van der Waals surface area (Å²) >= 11 is 1.90. The van der Waals surface area contributed by atoms with Crippen LogP contribution in [0.3, 0.4) is 0 Å². The number of nitrogens with one attached hydrogen (secondary N) is 1. The summed E-state index contributed by atoms with van der Waals surface area (Å²) in [5, 5.41) is 0. The van der Waals surface area contributed by atoms with E-state index in [0.717, 1.165) is 17.2 Å². The Balaban J connectivity index is -0.000000258. The van der Waals surface area contributed by atoms with Crippen LogP contribution in [0.15, 0.2) is 47.0 Å². The van der Waals surface area contributed by atoms with Gasteiger partial charge in [-0.3, -0.25) is 4.98 Å². The topological polar surface area (TPSA) is 41.8 Å². The molecule has 5 aromatic rings. The highest BCUT2D eigenvalue weighted by molar-refractivity contribution is 7.12. The van der Waals surface area contributed by atoms with E-state index in [2.05, 4.69) is 130 Å². The van der Waals surface area contributed by atoms with Crippen molar-refractivity contribution in [2.24, 2.45) is 0 Å². The Labute approximate surface area is 321 Å². The zero-order chi connectivity index (χ0) is 41.0. The molecule has 4 heteroatoms. The molecule has 0 bridgehead atoms. The van der Waals surface area contributed by atoms with Crippen molar-refractivity contribution >= 4 is 11.3 Å². The molecule has 4 heterocycles. The van der Waals surface area contributed by atoms with Gasteiger partial charge < -0.3 is 9.40 Å². The number of hydrogen-bond acceptors (Lipinski definition) is 3. The largest absolute Gasteiger partial charge is 0.466 e. The monoisotopic (exact) mass is 721 g/mol. The molecule has 1 N–H and O–H groups in total. The van der Waals surface area contributed by atoms with Gasteiger partial charge in [-0.15, -0.1) is 11.3 Å². The molecule has 0 unspecified atom stereocenters. The lowest BCUT2D eigenvalue weighted by Gasteiger charge is -1.93. The molecule has 51 heavy (non-hydrogen) atoms. The molecular weight excluding hydrogens is 641 g/mol. The lowest BCUT2D eigenvalue weighted by atomic mass is 10.1. The molecule has 0 radical (unpaired) electrons. The van der Waals surface area contributed by atoms with Crippen LogP contribution in [-0.2, 0) is 0 Å². The first kappa shape index (κ1) is 54.4. The van der Waals surface area contributed by atoms with Crippen LogP contribution < -0.4 is 0 Å². The van der Waals surface area contributed by atoms with E-state index in [9.17, 15) is 0 Å². The molecule has 1 aromatic carbocycles. The molecule has 4 aromatic heterocycles. The van der Waals surface area contributed by atoms with Crippen molar-refractivity contribution in [2.45, 2.75) is 166 Å². The molecule has 0 spiro atoms. The van der Waals surface area contributed by atoms with E-state index >= 15 is 0 Å². The van der Waals surface area contributed by atoms with Crippen LogP contribution in [0.1, 0.15) is 144 Å². The summed E-state index contributed by atoms with van der Waals surface area (Å²) in [5.41, 5.74) is 16.0. The molecule has 0 fully saturated rings. The highest BCUT2D eigenvalue weighted by atomic mass is 32.1. The first-order valence-corrected chi connectivity index (χ1v) is 19.9. The average Bonchev–Trinajstić information content (AvgIpc) is 3.61. The summed E-state index contributed by atoms with van der Waals surface area (Å²) in [6.07, 6.45) is 1.81. The Morgan fingerprint density at radius 2 is 0.765 bits per heavy atom. The lowest BCUT2D eigenvalue weighted by Crippen LogP contribution is -1.81. The average molecular weight is 721 g/mol. The zero-order valence-electron chi connectivity index (χ0n) is 37.8. The lowest BCUT2D eigenvalue weighted by molar-refractivity contribution is 0.501. The minimum absolute atomic E-state index is 1.05. The number of pyridine rings is 1. The Kier molecular flexibility index (Phi) is 33.5. The summed E-state index contributed by atoms with van der Waals surface area (Å²) in [5.74, 6) is 2.09. The first-order chi connectivity index (χ1) is 24.0. The second-order valence-corrected chi connectivity index (χ2v) is 13.0. The summed E-state index contributed by atoms with van der Waals surface area (Å²) in [4.78, 5) is 10.3. The highest BCUT2D eigenvalue weighted by Crippen LogP contribution is 2.25. The second kappa shape index (κ2) is 31.4. The predicted octanol–water partition coefficient (Wildman–Crippen LogP) is 15.9. The third-order valence-electron chi connectivity index (χ3n) is 8.61. The molecule has 3 nitrogen and oxygen atoms in total. The Morgan fingerprint density at radius 1 is 0.431 bits per heavy atom. The van der Waals surface area contributed by atoms with Gasteiger partial charge in [-0.2, -0.15) is 0 Å². The zero-order valence-corrected chi connectivity index (χ0v) is 38.6. The minimum Gasteiger partial charge on any atom is -0.466 e. The predicted molar refractivity (Wildman–Crippen MR) is 236 cm³/mol. The van der Waals surface area contributed by atoms with E-state index < -0.39 is 0 Å². The molecule has 0 amide bonds. The molecular formula is C47H80N2OS. The maximum absolute atomic E-state index is 5.34. The molecule has 0 atom stereocenters. The van der Waals surface area contributed by atoms with Crippen LogP contribution in [0.4, 0.5) is 0 Å². The number of benzene rings is 1. The van der Waals surface area contributed by atoms with Gasteiger partial charge in [0.25, 0.3) is 0 Å². The number of thiophene rings is 1. The van der Waals surface area contributed by atoms with Crippen LogP contribution in [0.2, 0.25) is 0 Å². The number of aromatic amines is 1. The summed E-state index contributed by atoms with van der Waals surface area (Å²) in [6, 6.07) is 12.4. The van der Waals surface area contributed by atoms with Crippen molar-refractivity contribution in [2.75, 3.05) is 0 Å². The van der Waals surface area contributed by atoms with Crippen molar-refractivity contribution < 1.29 is 4.42 Å². The van der Waals surface area contributed by atoms with Gasteiger partial charge in [0.1, 0.15) is 11.5 Å². The highest BCUT2D eigenvalue weighted by Gasteiger charge is 2.04. The van der Waals surface area contributed by atoms with Gasteiger partial charge >= 0.3 is 0 Å². The number of aryl methyl sites for hydroxylation is 10. The van der Waals surface area contributed by atoms with Crippen molar-refractivity contribution in [1.82, 2.24) is 9.97 Å². The van der Waals surface area contributed by atoms with Crippen LogP contribution in [-0.4, -0.2) is 9.97 Å². The summed E-state index contributed by atoms with van der Waals surface area (Å²) in [6.45, 7) is 49.7. The number of aromatic nitrogens is 2. The Morgan fingerprint density at radius 3 is 0.922 bits per heavy atom. The maximum Gasteiger partial charge on any atom is 0.104 e. The number of rotatable bonds is 0. The van der Waals surface area contributed by atoms with Crippen molar-refractivity contribution in [1.29, 1.82) is 0 Å². The molecule has 0 aliphatic carbocycles. The Bertz CT molecular complexity index is 1310. The van der Waals surface area contributed by atoms with Gasteiger partial charge in [0.15, 0.2) is 0 Å². The standard InChI is InChI=1S/C8H13N.C8H12O.C8H12S.C8H10.C7H9N.4C2H6/c3*1-5-6(2)8(4)9-7(5)3;1-7-5-3-4-6-8(7)2;1-6-4-3-5-8-7(6)2;4*1-2/h9H,1-4H3;2*1-4H3;3-6H,1-2H3;3-5H,1-2H3;4*1-2H3. The quantitative estimate of drug-likeness (QED) is 0.173. The van der Waals surface area contributed by atoms with Gasteiger partial charge in [0, 0.05) is 33.0 Å². The molecule has 290 valence electrons. The van der Waals surface area contributed by atoms with E-state index in [0.29, 0.717) is 0 Å². The summed E-state index contributed by atoms with van der Waals surface area (Å²) in [7, 11) is 0. The fourth-order valence-corrected chi connectivity index (χ4v) is 5.15. The number of H-pyrrole nitrogens is 1. The fraction of sp³-hybridized carbons (Fsp3) is 0.511. The fourth-order valence-electron chi connectivity index (χ4n) is 4.08. The summed E-state index contributed by atoms with van der Waals surface area (Å²) < 4.78 is 5.34. The van der Waals surface area contributed by atoms with Crippen molar-refractivity contribution in [3.63, 3.8) is 0 Å². The molecule has 0 aliphatic heterocycles. The van der Waals surface area contributed by atoms with Crippen LogP contribution in [0.5, 0.6) is 0 Å². The minimum atomic E-state index is 1.05. The third-order valence-corrected chi connectivity index (χ3v) is 9.83. The van der Waals surface area contributed by atoms with E-state index in [4.69, 9.17) is 4.42 Å². The Hall–Kier alpha value is -3.37. The van der Waals surface area contributed by atoms with Crippen molar-refractivity contribution in [3.8, 4) is 0 Å². The number of hydrogen-bond donors (Lipinski definition) is 1. The van der Waals surface area contributed by atoms with Crippen LogP contribution >= 0.6 is 11.3 Å². The number of nitrogens with zero attached hydrogens (tertiary/aromatic N) is 1. The van der Waals surface area contributed by atoms with Crippen molar-refractivity contribution in [3.05, 3.63) is 131 Å². The first-order valence-electron chi connectivity index (χ1n) is 19.1. The second-order valence-electron chi connectivity index (χ2n) is 11.5. The van der Waals surface area contributed by atoms with Gasteiger partial charge in [0.05, 0.1) is 0 Å². The van der Waals surface area contributed by atoms with Crippen LogP contribution in [0.25, 0.3) is 0 Å². The van der Waals surface area contributed by atoms with Gasteiger partial charge in [-0.25, -0.2) is 0 Å². The van der Waals surface area contributed by atoms with Gasteiger partial charge in [-0.05, 0) is 167 Å². The van der Waals surface area contributed by atoms with E-state index in [-0.39, 0.29) is 0 Å². The van der Waals surface area contributed by atoms with E-state index in [1.165, 1.54) is 71.2 Å². The van der Waals surface area contributed by atoms with Gasteiger partial charge in [-0.1, -0.05) is 85.7 Å². The molecule has 0 saturated heterocycles. The van der Waals surface area contributed by atoms with E-state index in [1.54, 1.807) is 0 Å².